The first-order valence-electron chi connectivity index (χ1n) is 7.36. The molecule has 116 valence electrons. The minimum Gasteiger partial charge on any atom is -0.462 e. The highest BCUT2D eigenvalue weighted by Gasteiger charge is 2.36. The number of rotatable bonds is 5. The van der Waals surface area contributed by atoms with E-state index in [1.807, 2.05) is 12.3 Å². The van der Waals surface area contributed by atoms with Gasteiger partial charge in [0, 0.05) is 10.9 Å². The minimum absolute atomic E-state index is 0.0112. The maximum absolute atomic E-state index is 12.1. The maximum Gasteiger partial charge on any atom is 0.339 e. The van der Waals surface area contributed by atoms with Crippen LogP contribution in [0.25, 0.3) is 0 Å². The molecule has 1 saturated carbocycles. The lowest BCUT2D eigenvalue weighted by molar-refractivity contribution is -0.122. The maximum atomic E-state index is 12.1. The van der Waals surface area contributed by atoms with E-state index in [9.17, 15) is 9.59 Å². The molecule has 0 saturated heterocycles. The quantitative estimate of drug-likeness (QED) is 0.850. The van der Waals surface area contributed by atoms with Crippen LogP contribution in [0.5, 0.6) is 0 Å². The molecule has 1 aliphatic rings. The van der Waals surface area contributed by atoms with E-state index >= 15 is 0 Å². The van der Waals surface area contributed by atoms with Crippen LogP contribution in [0.3, 0.4) is 0 Å². The zero-order chi connectivity index (χ0) is 15.6. The van der Waals surface area contributed by atoms with Crippen LogP contribution in [-0.2, 0) is 16.0 Å². The summed E-state index contributed by atoms with van der Waals surface area (Å²) >= 11 is 1.45. The summed E-state index contributed by atoms with van der Waals surface area (Å²) < 4.78 is 5.07. The van der Waals surface area contributed by atoms with E-state index in [4.69, 9.17) is 4.74 Å². The fraction of sp³-hybridized carbons (Fsp3) is 0.625. The molecular formula is C16H23NO3S. The SMILES string of the molecule is CCOC(=O)c1c(C)csc1CC(=O)NC1CC(C)(C)C1. The average Bonchev–Trinajstić information content (AvgIpc) is 2.68. The molecule has 21 heavy (non-hydrogen) atoms. The summed E-state index contributed by atoms with van der Waals surface area (Å²) in [6.45, 7) is 8.41. The molecule has 0 spiro atoms. The second kappa shape index (κ2) is 6.18. The Morgan fingerprint density at radius 3 is 2.67 bits per heavy atom. The monoisotopic (exact) mass is 309 g/mol. The molecule has 4 nitrogen and oxygen atoms in total. The molecular weight excluding hydrogens is 286 g/mol. The van der Waals surface area contributed by atoms with Crippen LogP contribution in [0.2, 0.25) is 0 Å². The highest BCUT2D eigenvalue weighted by molar-refractivity contribution is 7.10. The van der Waals surface area contributed by atoms with Gasteiger partial charge in [-0.15, -0.1) is 11.3 Å². The molecule has 0 aromatic carbocycles. The van der Waals surface area contributed by atoms with E-state index in [0.717, 1.165) is 23.3 Å². The van der Waals surface area contributed by atoms with Gasteiger partial charge in [-0.1, -0.05) is 13.8 Å². The average molecular weight is 309 g/mol. The van der Waals surface area contributed by atoms with Crippen molar-refractivity contribution in [3.05, 3.63) is 21.4 Å². The Balaban J connectivity index is 1.97. The number of hydrogen-bond acceptors (Lipinski definition) is 4. The molecule has 5 heteroatoms. The molecule has 2 rings (SSSR count). The standard InChI is InChI=1S/C16H23NO3S/c1-5-20-15(19)14-10(2)9-21-12(14)6-13(18)17-11-7-16(3,4)8-11/h9,11H,5-8H2,1-4H3,(H,17,18). The predicted octanol–water partition coefficient (Wildman–Crippen LogP) is 3.08. The number of esters is 1. The number of thiophene rings is 1. The van der Waals surface area contributed by atoms with Gasteiger partial charge in [-0.2, -0.15) is 0 Å². The molecule has 0 radical (unpaired) electrons. The van der Waals surface area contributed by atoms with E-state index in [2.05, 4.69) is 19.2 Å². The smallest absolute Gasteiger partial charge is 0.339 e. The van der Waals surface area contributed by atoms with Gasteiger partial charge in [-0.05, 0) is 43.0 Å². The molecule has 1 N–H and O–H groups in total. The first kappa shape index (κ1) is 16.0. The number of ether oxygens (including phenoxy) is 1. The molecule has 0 bridgehead atoms. The number of carbonyl (C=O) groups is 2. The third-order valence-electron chi connectivity index (χ3n) is 3.81. The van der Waals surface area contributed by atoms with Crippen molar-refractivity contribution in [2.75, 3.05) is 6.61 Å². The van der Waals surface area contributed by atoms with Crippen molar-refractivity contribution in [3.63, 3.8) is 0 Å². The van der Waals surface area contributed by atoms with Gasteiger partial charge in [-0.25, -0.2) is 4.79 Å². The normalized spacial score (nSPS) is 17.1. The van der Waals surface area contributed by atoms with Crippen LogP contribution in [0.15, 0.2) is 5.38 Å². The number of amides is 1. The van der Waals surface area contributed by atoms with E-state index in [-0.39, 0.29) is 24.3 Å². The fourth-order valence-electron chi connectivity index (χ4n) is 2.91. The molecule has 0 aliphatic heterocycles. The van der Waals surface area contributed by atoms with Gasteiger partial charge in [0.2, 0.25) is 5.91 Å². The Morgan fingerprint density at radius 1 is 1.43 bits per heavy atom. The van der Waals surface area contributed by atoms with E-state index < -0.39 is 0 Å². The largest absolute Gasteiger partial charge is 0.462 e. The first-order chi connectivity index (χ1) is 9.82. The van der Waals surface area contributed by atoms with Crippen LogP contribution in [0.1, 0.15) is 54.4 Å². The van der Waals surface area contributed by atoms with Gasteiger partial charge in [0.25, 0.3) is 0 Å². The van der Waals surface area contributed by atoms with Crippen molar-refractivity contribution in [1.29, 1.82) is 0 Å². The van der Waals surface area contributed by atoms with Gasteiger partial charge < -0.3 is 10.1 Å². The predicted molar refractivity (Wildman–Crippen MR) is 83.7 cm³/mol. The summed E-state index contributed by atoms with van der Waals surface area (Å²) in [5.74, 6) is -0.341. The van der Waals surface area contributed by atoms with Gasteiger partial charge >= 0.3 is 5.97 Å². The molecule has 1 aliphatic carbocycles. The van der Waals surface area contributed by atoms with E-state index in [1.165, 1.54) is 11.3 Å². The Morgan fingerprint density at radius 2 is 2.10 bits per heavy atom. The van der Waals surface area contributed by atoms with Crippen molar-refractivity contribution >= 4 is 23.2 Å². The number of nitrogens with one attached hydrogen (secondary N) is 1. The zero-order valence-electron chi connectivity index (χ0n) is 13.1. The third-order valence-corrected chi connectivity index (χ3v) is 4.92. The van der Waals surface area contributed by atoms with Crippen molar-refractivity contribution in [1.82, 2.24) is 5.32 Å². The highest BCUT2D eigenvalue weighted by atomic mass is 32.1. The van der Waals surface area contributed by atoms with Crippen molar-refractivity contribution < 1.29 is 14.3 Å². The van der Waals surface area contributed by atoms with Gasteiger partial charge in [0.1, 0.15) is 0 Å². The molecule has 0 unspecified atom stereocenters. The third kappa shape index (κ3) is 3.84. The summed E-state index contributed by atoms with van der Waals surface area (Å²) in [6.07, 6.45) is 2.30. The number of hydrogen-bond donors (Lipinski definition) is 1. The molecule has 1 aromatic heterocycles. The van der Waals surface area contributed by atoms with Gasteiger partial charge in [-0.3, -0.25) is 4.79 Å². The van der Waals surface area contributed by atoms with Crippen LogP contribution >= 0.6 is 11.3 Å². The Hall–Kier alpha value is -1.36. The van der Waals surface area contributed by atoms with E-state index in [1.54, 1.807) is 6.92 Å². The Bertz CT molecular complexity index is 540. The molecule has 1 heterocycles. The summed E-state index contributed by atoms with van der Waals surface area (Å²) in [4.78, 5) is 24.9. The summed E-state index contributed by atoms with van der Waals surface area (Å²) in [7, 11) is 0. The summed E-state index contributed by atoms with van der Waals surface area (Å²) in [5, 5.41) is 4.95. The summed E-state index contributed by atoms with van der Waals surface area (Å²) in [5.41, 5.74) is 1.78. The van der Waals surface area contributed by atoms with Crippen LogP contribution < -0.4 is 5.32 Å². The van der Waals surface area contributed by atoms with Gasteiger partial charge in [0.05, 0.1) is 18.6 Å². The minimum atomic E-state index is -0.330. The van der Waals surface area contributed by atoms with E-state index in [0.29, 0.717) is 17.6 Å². The molecule has 1 fully saturated rings. The first-order valence-corrected chi connectivity index (χ1v) is 8.24. The van der Waals surface area contributed by atoms with Gasteiger partial charge in [0.15, 0.2) is 0 Å². The van der Waals surface area contributed by atoms with Crippen LogP contribution in [0, 0.1) is 12.3 Å². The molecule has 1 amide bonds. The highest BCUT2D eigenvalue weighted by Crippen LogP contribution is 2.39. The van der Waals surface area contributed by atoms with Crippen molar-refractivity contribution in [3.8, 4) is 0 Å². The number of aryl methyl sites for hydroxylation is 1. The van der Waals surface area contributed by atoms with Crippen molar-refractivity contribution in [2.24, 2.45) is 5.41 Å². The Kier molecular flexibility index (Phi) is 4.71. The Labute approximate surface area is 129 Å². The lowest BCUT2D eigenvalue weighted by atomic mass is 9.68. The van der Waals surface area contributed by atoms with Crippen LogP contribution in [0.4, 0.5) is 0 Å². The summed E-state index contributed by atoms with van der Waals surface area (Å²) in [6, 6.07) is 0.277. The fourth-order valence-corrected chi connectivity index (χ4v) is 3.92. The molecule has 0 atom stereocenters. The van der Waals surface area contributed by atoms with Crippen LogP contribution in [-0.4, -0.2) is 24.5 Å². The topological polar surface area (TPSA) is 55.4 Å². The lowest BCUT2D eigenvalue weighted by Crippen LogP contribution is -2.48. The lowest BCUT2D eigenvalue weighted by Gasteiger charge is -2.42. The molecule has 1 aromatic rings. The zero-order valence-corrected chi connectivity index (χ0v) is 13.9. The second-order valence-electron chi connectivity index (χ2n) is 6.45. The second-order valence-corrected chi connectivity index (χ2v) is 7.42. The number of carbonyl (C=O) groups excluding carboxylic acids is 2. The van der Waals surface area contributed by atoms with Crippen molar-refractivity contribution in [2.45, 2.75) is 53.0 Å².